The maximum absolute atomic E-state index is 5.24. The lowest BCUT2D eigenvalue weighted by Gasteiger charge is -2.00. The zero-order valence-electron chi connectivity index (χ0n) is 8.66. The number of nitrogens with one attached hydrogen (secondary N) is 1. The molecule has 0 fully saturated rings. The molecule has 0 atom stereocenters. The summed E-state index contributed by atoms with van der Waals surface area (Å²) in [4.78, 5) is 4.15. The average molecular weight is 192 g/mol. The number of ether oxygens (including phenoxy) is 1. The van der Waals surface area contributed by atoms with Crippen molar-refractivity contribution in [1.29, 1.82) is 0 Å². The summed E-state index contributed by atoms with van der Waals surface area (Å²) in [6.07, 6.45) is 5.88. The molecule has 3 heteroatoms. The zero-order valence-corrected chi connectivity index (χ0v) is 8.66. The van der Waals surface area contributed by atoms with Gasteiger partial charge in [-0.3, -0.25) is 0 Å². The summed E-state index contributed by atoms with van der Waals surface area (Å²) < 4.78 is 5.24. The van der Waals surface area contributed by atoms with E-state index in [1.165, 1.54) is 0 Å². The van der Waals surface area contributed by atoms with Gasteiger partial charge in [-0.25, -0.2) is 4.98 Å². The Bertz CT molecular complexity index is 280. The first-order valence-corrected chi connectivity index (χ1v) is 4.76. The van der Waals surface area contributed by atoms with Gasteiger partial charge in [0, 0.05) is 18.8 Å². The summed E-state index contributed by atoms with van der Waals surface area (Å²) in [5, 5.41) is 3.04. The van der Waals surface area contributed by atoms with Crippen molar-refractivity contribution in [2.24, 2.45) is 0 Å². The van der Waals surface area contributed by atoms with Crippen molar-refractivity contribution in [3.8, 4) is 5.88 Å². The van der Waals surface area contributed by atoms with E-state index >= 15 is 0 Å². The lowest BCUT2D eigenvalue weighted by molar-refractivity contribution is 0.327. The Hall–Kier alpha value is -1.35. The van der Waals surface area contributed by atoms with Gasteiger partial charge in [-0.05, 0) is 25.6 Å². The fourth-order valence-electron chi connectivity index (χ4n) is 1.04. The van der Waals surface area contributed by atoms with E-state index < -0.39 is 0 Å². The van der Waals surface area contributed by atoms with E-state index in [0.29, 0.717) is 12.5 Å². The maximum atomic E-state index is 5.24. The van der Waals surface area contributed by atoms with Crippen LogP contribution in [-0.4, -0.2) is 25.2 Å². The monoisotopic (exact) mass is 192 g/mol. The molecule has 1 aromatic heterocycles. The van der Waals surface area contributed by atoms with Gasteiger partial charge < -0.3 is 10.1 Å². The van der Waals surface area contributed by atoms with Gasteiger partial charge in [-0.1, -0.05) is 12.2 Å². The van der Waals surface area contributed by atoms with Crippen LogP contribution in [-0.2, 0) is 0 Å². The van der Waals surface area contributed by atoms with Gasteiger partial charge in [-0.2, -0.15) is 0 Å². The number of hydrogen-bond acceptors (Lipinski definition) is 3. The van der Waals surface area contributed by atoms with E-state index in [0.717, 1.165) is 12.1 Å². The Kier molecular flexibility index (Phi) is 4.72. The smallest absolute Gasteiger partial charge is 0.213 e. The molecule has 3 nitrogen and oxygen atoms in total. The Morgan fingerprint density at radius 1 is 1.50 bits per heavy atom. The fourth-order valence-corrected chi connectivity index (χ4v) is 1.04. The topological polar surface area (TPSA) is 34.1 Å². The highest BCUT2D eigenvalue weighted by Gasteiger charge is 1.92. The molecule has 0 amide bonds. The molecule has 0 bridgehead atoms. The molecule has 0 saturated heterocycles. The van der Waals surface area contributed by atoms with Gasteiger partial charge in [0.05, 0.1) is 6.61 Å². The minimum Gasteiger partial charge on any atom is -0.478 e. The van der Waals surface area contributed by atoms with E-state index in [4.69, 9.17) is 4.74 Å². The van der Waals surface area contributed by atoms with E-state index in [2.05, 4.69) is 16.4 Å². The maximum Gasteiger partial charge on any atom is 0.213 e. The number of hydrogen-bond donors (Lipinski definition) is 1. The van der Waals surface area contributed by atoms with Crippen LogP contribution >= 0.6 is 0 Å². The summed E-state index contributed by atoms with van der Waals surface area (Å²) >= 11 is 0. The van der Waals surface area contributed by atoms with Gasteiger partial charge in [0.2, 0.25) is 5.88 Å². The molecule has 0 aliphatic carbocycles. The van der Waals surface area contributed by atoms with Gasteiger partial charge in [0.25, 0.3) is 0 Å². The van der Waals surface area contributed by atoms with Gasteiger partial charge >= 0.3 is 0 Å². The third-order valence-electron chi connectivity index (χ3n) is 1.68. The Labute approximate surface area is 84.8 Å². The Morgan fingerprint density at radius 3 is 2.93 bits per heavy atom. The van der Waals surface area contributed by atoms with Crippen LogP contribution in [0, 0.1) is 0 Å². The van der Waals surface area contributed by atoms with Crippen molar-refractivity contribution in [3.63, 3.8) is 0 Å². The van der Waals surface area contributed by atoms with Crippen molar-refractivity contribution in [1.82, 2.24) is 10.3 Å². The Balaban J connectivity index is 2.54. The second-order valence-corrected chi connectivity index (χ2v) is 2.82. The fraction of sp³-hybridized carbons (Fsp3) is 0.364. The minimum absolute atomic E-state index is 0.655. The summed E-state index contributed by atoms with van der Waals surface area (Å²) in [5.74, 6) is 0.679. The van der Waals surface area contributed by atoms with Crippen LogP contribution in [0.15, 0.2) is 24.4 Å². The zero-order chi connectivity index (χ0) is 10.2. The summed E-state index contributed by atoms with van der Waals surface area (Å²) in [7, 11) is 1.92. The number of likely N-dealkylation sites (N-methyl/N-ethyl adjacent to an activating group) is 1. The van der Waals surface area contributed by atoms with E-state index in [1.807, 2.05) is 32.2 Å². The SMILES string of the molecule is CCOc1ccc(C=CCNC)cn1. The van der Waals surface area contributed by atoms with Crippen LogP contribution in [0.1, 0.15) is 12.5 Å². The van der Waals surface area contributed by atoms with E-state index in [9.17, 15) is 0 Å². The van der Waals surface area contributed by atoms with Crippen LogP contribution in [0.2, 0.25) is 0 Å². The number of pyridine rings is 1. The average Bonchev–Trinajstić information content (AvgIpc) is 2.21. The molecule has 1 aromatic rings. The third-order valence-corrected chi connectivity index (χ3v) is 1.68. The van der Waals surface area contributed by atoms with Crippen molar-refractivity contribution in [2.45, 2.75) is 6.92 Å². The molecule has 0 aliphatic rings. The lowest BCUT2D eigenvalue weighted by atomic mass is 10.2. The predicted molar refractivity (Wildman–Crippen MR) is 58.4 cm³/mol. The second-order valence-electron chi connectivity index (χ2n) is 2.82. The highest BCUT2D eigenvalue weighted by Crippen LogP contribution is 2.08. The molecule has 0 aliphatic heterocycles. The molecule has 76 valence electrons. The molecule has 0 spiro atoms. The highest BCUT2D eigenvalue weighted by atomic mass is 16.5. The van der Waals surface area contributed by atoms with Gasteiger partial charge in [0.1, 0.15) is 0 Å². The summed E-state index contributed by atoms with van der Waals surface area (Å²) in [6.45, 7) is 3.47. The predicted octanol–water partition coefficient (Wildman–Crippen LogP) is 1.71. The summed E-state index contributed by atoms with van der Waals surface area (Å²) in [5.41, 5.74) is 1.09. The van der Waals surface area contributed by atoms with Crippen LogP contribution in [0.3, 0.4) is 0 Å². The molecular weight excluding hydrogens is 176 g/mol. The first-order chi connectivity index (χ1) is 6.86. The first-order valence-electron chi connectivity index (χ1n) is 4.76. The van der Waals surface area contributed by atoms with E-state index in [1.54, 1.807) is 6.20 Å². The number of nitrogens with zero attached hydrogens (tertiary/aromatic N) is 1. The molecule has 0 unspecified atom stereocenters. The van der Waals surface area contributed by atoms with Crippen molar-refractivity contribution in [3.05, 3.63) is 30.0 Å². The molecule has 0 radical (unpaired) electrons. The molecule has 0 aromatic carbocycles. The van der Waals surface area contributed by atoms with Crippen LogP contribution < -0.4 is 10.1 Å². The largest absolute Gasteiger partial charge is 0.478 e. The highest BCUT2D eigenvalue weighted by molar-refractivity contribution is 5.48. The molecule has 14 heavy (non-hydrogen) atoms. The number of aromatic nitrogens is 1. The van der Waals surface area contributed by atoms with Gasteiger partial charge in [-0.15, -0.1) is 0 Å². The van der Waals surface area contributed by atoms with Crippen molar-refractivity contribution >= 4 is 6.08 Å². The van der Waals surface area contributed by atoms with Crippen LogP contribution in [0.4, 0.5) is 0 Å². The second kappa shape index (κ2) is 6.16. The minimum atomic E-state index is 0.655. The quantitative estimate of drug-likeness (QED) is 0.771. The van der Waals surface area contributed by atoms with Crippen LogP contribution in [0.25, 0.3) is 6.08 Å². The van der Waals surface area contributed by atoms with E-state index in [-0.39, 0.29) is 0 Å². The lowest BCUT2D eigenvalue weighted by Crippen LogP contribution is -2.03. The molecular formula is C11H16N2O. The molecule has 0 saturated carbocycles. The van der Waals surface area contributed by atoms with Crippen molar-refractivity contribution < 1.29 is 4.74 Å². The molecule has 1 N–H and O–H groups in total. The third kappa shape index (κ3) is 3.58. The van der Waals surface area contributed by atoms with Crippen LogP contribution in [0.5, 0.6) is 5.88 Å². The summed E-state index contributed by atoms with van der Waals surface area (Å²) in [6, 6.07) is 3.87. The van der Waals surface area contributed by atoms with Gasteiger partial charge in [0.15, 0.2) is 0 Å². The molecule has 1 heterocycles. The molecule has 1 rings (SSSR count). The standard InChI is InChI=1S/C11H16N2O/c1-3-14-11-7-6-10(9-13-11)5-4-8-12-2/h4-7,9,12H,3,8H2,1-2H3. The normalized spacial score (nSPS) is 10.7. The first kappa shape index (κ1) is 10.7. The Morgan fingerprint density at radius 2 is 2.36 bits per heavy atom. The van der Waals surface area contributed by atoms with Crippen molar-refractivity contribution in [2.75, 3.05) is 20.2 Å². The number of rotatable bonds is 5.